The highest BCUT2D eigenvalue weighted by molar-refractivity contribution is 5.19. The monoisotopic (exact) mass is 222 g/mol. The molecule has 0 bridgehead atoms. The zero-order chi connectivity index (χ0) is 11.6. The third kappa shape index (κ3) is 2.71. The molecule has 0 atom stereocenters. The van der Waals surface area contributed by atoms with Gasteiger partial charge in [0.2, 0.25) is 0 Å². The van der Waals surface area contributed by atoms with Gasteiger partial charge < -0.3 is 4.74 Å². The lowest BCUT2D eigenvalue weighted by atomic mass is 10.2. The molecule has 0 radical (unpaired) electrons. The van der Waals surface area contributed by atoms with Gasteiger partial charge in [-0.05, 0) is 13.8 Å². The van der Waals surface area contributed by atoms with E-state index in [-0.39, 0.29) is 18.2 Å². The van der Waals surface area contributed by atoms with Crippen LogP contribution < -0.4 is 0 Å². The number of aromatic nitrogens is 2. The van der Waals surface area contributed by atoms with Crippen molar-refractivity contribution in [2.24, 2.45) is 0 Å². The van der Waals surface area contributed by atoms with Gasteiger partial charge in [0.1, 0.15) is 0 Å². The van der Waals surface area contributed by atoms with Gasteiger partial charge in [0.05, 0.1) is 6.61 Å². The van der Waals surface area contributed by atoms with E-state index >= 15 is 0 Å². The molecule has 0 spiro atoms. The molecule has 0 aliphatic rings. The van der Waals surface area contributed by atoms with E-state index in [0.717, 1.165) is 0 Å². The minimum Gasteiger partial charge on any atom is -0.380 e. The van der Waals surface area contributed by atoms with E-state index in [2.05, 4.69) is 5.10 Å². The zero-order valence-corrected chi connectivity index (χ0v) is 8.80. The van der Waals surface area contributed by atoms with E-state index in [0.29, 0.717) is 0 Å². The molecule has 0 fully saturated rings. The second kappa shape index (κ2) is 4.22. The van der Waals surface area contributed by atoms with E-state index in [1.54, 1.807) is 13.8 Å². The number of halogens is 3. The normalized spacial score (nSPS) is 12.5. The largest absolute Gasteiger partial charge is 0.435 e. The van der Waals surface area contributed by atoms with Gasteiger partial charge in [-0.25, -0.2) is 0 Å². The van der Waals surface area contributed by atoms with Gasteiger partial charge in [-0.2, -0.15) is 18.3 Å². The fourth-order valence-electron chi connectivity index (χ4n) is 1.19. The van der Waals surface area contributed by atoms with Crippen LogP contribution in [0.4, 0.5) is 13.2 Å². The summed E-state index contributed by atoms with van der Waals surface area (Å²) < 4.78 is 43.5. The summed E-state index contributed by atoms with van der Waals surface area (Å²) in [5, 5.41) is 3.51. The molecule has 86 valence electrons. The highest BCUT2D eigenvalue weighted by Crippen LogP contribution is 2.31. The van der Waals surface area contributed by atoms with Crippen LogP contribution in [0.5, 0.6) is 0 Å². The summed E-state index contributed by atoms with van der Waals surface area (Å²) in [4.78, 5) is 0. The average Bonchev–Trinajstić information content (AvgIpc) is 2.48. The van der Waals surface area contributed by atoms with Crippen LogP contribution in [-0.2, 0) is 17.5 Å². The standard InChI is InChI=1S/C9H13F3N2O/c1-6(2)14-4-7(5-15-3)8(13-14)9(10,11)12/h4,6H,5H2,1-3H3. The lowest BCUT2D eigenvalue weighted by Crippen LogP contribution is -2.10. The summed E-state index contributed by atoms with van der Waals surface area (Å²) in [6.45, 7) is 3.45. The molecule has 0 N–H and O–H groups in total. The lowest BCUT2D eigenvalue weighted by Gasteiger charge is -2.05. The summed E-state index contributed by atoms with van der Waals surface area (Å²) in [7, 11) is 1.35. The van der Waals surface area contributed by atoms with Crippen LogP contribution in [-0.4, -0.2) is 16.9 Å². The summed E-state index contributed by atoms with van der Waals surface area (Å²) in [5.41, 5.74) is -0.795. The van der Waals surface area contributed by atoms with Crippen molar-refractivity contribution in [2.45, 2.75) is 32.7 Å². The first kappa shape index (κ1) is 12.0. The smallest absolute Gasteiger partial charge is 0.380 e. The van der Waals surface area contributed by atoms with E-state index in [9.17, 15) is 13.2 Å². The molecule has 1 aromatic rings. The second-order valence-electron chi connectivity index (χ2n) is 3.51. The number of hydrogen-bond acceptors (Lipinski definition) is 2. The van der Waals surface area contributed by atoms with Crippen LogP contribution in [0.1, 0.15) is 31.1 Å². The van der Waals surface area contributed by atoms with Crippen LogP contribution >= 0.6 is 0 Å². The lowest BCUT2D eigenvalue weighted by molar-refractivity contribution is -0.142. The van der Waals surface area contributed by atoms with E-state index in [1.807, 2.05) is 0 Å². The predicted octanol–water partition coefficient (Wildman–Crippen LogP) is 2.63. The van der Waals surface area contributed by atoms with E-state index in [4.69, 9.17) is 4.74 Å². The molecule has 0 saturated carbocycles. The van der Waals surface area contributed by atoms with Crippen molar-refractivity contribution in [3.63, 3.8) is 0 Å². The van der Waals surface area contributed by atoms with Gasteiger partial charge >= 0.3 is 6.18 Å². The Balaban J connectivity index is 3.12. The fraction of sp³-hybridized carbons (Fsp3) is 0.667. The van der Waals surface area contributed by atoms with Crippen molar-refractivity contribution in [3.05, 3.63) is 17.5 Å². The van der Waals surface area contributed by atoms with E-state index in [1.165, 1.54) is 18.0 Å². The maximum atomic E-state index is 12.5. The summed E-state index contributed by atoms with van der Waals surface area (Å²) in [5.74, 6) is 0. The topological polar surface area (TPSA) is 27.1 Å². The fourth-order valence-corrected chi connectivity index (χ4v) is 1.19. The van der Waals surface area contributed by atoms with Gasteiger partial charge in [0, 0.05) is 24.9 Å². The Kier molecular flexibility index (Phi) is 3.38. The van der Waals surface area contributed by atoms with Crippen molar-refractivity contribution >= 4 is 0 Å². The van der Waals surface area contributed by atoms with Crippen molar-refractivity contribution in [1.29, 1.82) is 0 Å². The first-order chi connectivity index (χ1) is 6.86. The Morgan fingerprint density at radius 1 is 1.47 bits per heavy atom. The Hall–Kier alpha value is -1.04. The maximum Gasteiger partial charge on any atom is 0.435 e. The Morgan fingerprint density at radius 2 is 2.07 bits per heavy atom. The number of ether oxygens (including phenoxy) is 1. The van der Waals surface area contributed by atoms with E-state index < -0.39 is 11.9 Å². The quantitative estimate of drug-likeness (QED) is 0.786. The molecule has 0 saturated heterocycles. The zero-order valence-electron chi connectivity index (χ0n) is 8.80. The molecular weight excluding hydrogens is 209 g/mol. The van der Waals surface area contributed by atoms with Gasteiger partial charge in [0.25, 0.3) is 0 Å². The molecule has 0 amide bonds. The molecule has 1 heterocycles. The third-order valence-electron chi connectivity index (χ3n) is 1.91. The molecule has 0 aliphatic carbocycles. The Labute approximate surface area is 85.8 Å². The van der Waals surface area contributed by atoms with Gasteiger partial charge in [-0.1, -0.05) is 0 Å². The third-order valence-corrected chi connectivity index (χ3v) is 1.91. The van der Waals surface area contributed by atoms with Gasteiger partial charge in [0.15, 0.2) is 5.69 Å². The van der Waals surface area contributed by atoms with Crippen molar-refractivity contribution in [2.75, 3.05) is 7.11 Å². The average molecular weight is 222 g/mol. The predicted molar refractivity (Wildman–Crippen MR) is 48.3 cm³/mol. The maximum absolute atomic E-state index is 12.5. The van der Waals surface area contributed by atoms with Crippen molar-refractivity contribution in [3.8, 4) is 0 Å². The summed E-state index contributed by atoms with van der Waals surface area (Å²) >= 11 is 0. The first-order valence-electron chi connectivity index (χ1n) is 4.50. The number of hydrogen-bond donors (Lipinski definition) is 0. The number of alkyl halides is 3. The summed E-state index contributed by atoms with van der Waals surface area (Å²) in [6, 6.07) is -0.100. The molecular formula is C9H13F3N2O. The van der Waals surface area contributed by atoms with Crippen LogP contribution in [0, 0.1) is 0 Å². The van der Waals surface area contributed by atoms with Crippen LogP contribution in [0.25, 0.3) is 0 Å². The number of nitrogens with zero attached hydrogens (tertiary/aromatic N) is 2. The minimum absolute atomic E-state index is 0.0682. The molecule has 15 heavy (non-hydrogen) atoms. The number of rotatable bonds is 3. The minimum atomic E-state index is -4.42. The van der Waals surface area contributed by atoms with Gasteiger partial charge in [-0.3, -0.25) is 4.68 Å². The summed E-state index contributed by atoms with van der Waals surface area (Å²) in [6.07, 6.45) is -3.05. The Bertz CT molecular complexity index is 331. The second-order valence-corrected chi connectivity index (χ2v) is 3.51. The Morgan fingerprint density at radius 3 is 2.47 bits per heavy atom. The van der Waals surface area contributed by atoms with Crippen LogP contribution in [0.15, 0.2) is 6.20 Å². The van der Waals surface area contributed by atoms with Crippen molar-refractivity contribution < 1.29 is 17.9 Å². The molecule has 0 aliphatic heterocycles. The molecule has 1 aromatic heterocycles. The molecule has 1 rings (SSSR count). The highest BCUT2D eigenvalue weighted by atomic mass is 19.4. The van der Waals surface area contributed by atoms with Gasteiger partial charge in [-0.15, -0.1) is 0 Å². The SMILES string of the molecule is COCc1cn(C(C)C)nc1C(F)(F)F. The van der Waals surface area contributed by atoms with Crippen LogP contribution in [0.2, 0.25) is 0 Å². The molecule has 6 heteroatoms. The number of methoxy groups -OCH3 is 1. The molecule has 0 aromatic carbocycles. The highest BCUT2D eigenvalue weighted by Gasteiger charge is 2.37. The molecule has 3 nitrogen and oxygen atoms in total. The molecule has 0 unspecified atom stereocenters. The van der Waals surface area contributed by atoms with Crippen LogP contribution in [0.3, 0.4) is 0 Å². The first-order valence-corrected chi connectivity index (χ1v) is 4.50. The van der Waals surface area contributed by atoms with Crippen molar-refractivity contribution in [1.82, 2.24) is 9.78 Å².